The predicted molar refractivity (Wildman–Crippen MR) is 172 cm³/mol. The van der Waals surface area contributed by atoms with Crippen molar-refractivity contribution in [1.29, 1.82) is 0 Å². The van der Waals surface area contributed by atoms with Crippen LogP contribution in [-0.2, 0) is 17.8 Å². The molecule has 44 heavy (non-hydrogen) atoms. The van der Waals surface area contributed by atoms with Crippen molar-refractivity contribution in [2.24, 2.45) is 11.3 Å². The fourth-order valence-corrected chi connectivity index (χ4v) is 8.45. The normalized spacial score (nSPS) is 22.6. The number of rotatable bonds is 8. The second-order valence-electron chi connectivity index (χ2n) is 13.8. The summed E-state index contributed by atoms with van der Waals surface area (Å²) in [6, 6.07) is 7.99. The van der Waals surface area contributed by atoms with E-state index in [-0.39, 0.29) is 29.4 Å². The van der Waals surface area contributed by atoms with Crippen molar-refractivity contribution in [3.8, 4) is 0 Å². The van der Waals surface area contributed by atoms with Gasteiger partial charge in [-0.1, -0.05) is 43.0 Å². The Hall–Kier alpha value is -2.65. The highest BCUT2D eigenvalue weighted by Crippen LogP contribution is 2.47. The first-order chi connectivity index (χ1) is 21.5. The van der Waals surface area contributed by atoms with E-state index in [1.54, 1.807) is 6.33 Å². The average molecular weight is 624 g/mol. The highest BCUT2D eigenvalue weighted by molar-refractivity contribution is 6.30. The smallest absolute Gasteiger partial charge is 0.319 e. The van der Waals surface area contributed by atoms with Crippen molar-refractivity contribution < 1.29 is 9.59 Å². The van der Waals surface area contributed by atoms with Gasteiger partial charge >= 0.3 is 6.03 Å². The fourth-order valence-electron chi connectivity index (χ4n) is 8.32. The van der Waals surface area contributed by atoms with Crippen LogP contribution in [0.15, 0.2) is 36.9 Å². The molecule has 1 saturated carbocycles. The number of urea groups is 1. The van der Waals surface area contributed by atoms with Crippen molar-refractivity contribution >= 4 is 23.5 Å². The number of piperidine rings is 3. The molecule has 6 rings (SSSR count). The molecule has 4 fully saturated rings. The van der Waals surface area contributed by atoms with Crippen LogP contribution in [0.2, 0.25) is 5.02 Å². The summed E-state index contributed by atoms with van der Waals surface area (Å²) in [6.07, 6.45) is 17.8. The van der Waals surface area contributed by atoms with E-state index in [9.17, 15) is 9.59 Å². The zero-order valence-electron chi connectivity index (χ0n) is 26.2. The third-order valence-electron chi connectivity index (χ3n) is 11.0. The molecule has 1 N–H and O–H groups in total. The number of likely N-dealkylation sites (tertiary alicyclic amines) is 3. The van der Waals surface area contributed by atoms with Crippen molar-refractivity contribution in [2.45, 2.75) is 102 Å². The number of nitrogens with one attached hydrogen (secondary N) is 1. The summed E-state index contributed by atoms with van der Waals surface area (Å²) in [7, 11) is 0. The largest absolute Gasteiger partial charge is 0.341 e. The average Bonchev–Trinajstić information content (AvgIpc) is 3.59. The van der Waals surface area contributed by atoms with E-state index < -0.39 is 0 Å². The second-order valence-corrected chi connectivity index (χ2v) is 14.2. The lowest BCUT2D eigenvalue weighted by Crippen LogP contribution is -2.57. The third-order valence-corrected chi connectivity index (χ3v) is 11.2. The highest BCUT2D eigenvalue weighted by atomic mass is 35.5. The Labute approximate surface area is 267 Å². The van der Waals surface area contributed by atoms with Gasteiger partial charge in [-0.2, -0.15) is 5.10 Å². The van der Waals surface area contributed by atoms with E-state index in [2.05, 4.69) is 20.3 Å². The Balaban J connectivity index is 1.11. The number of carbonyl (C=O) groups excluding carboxylic acids is 2. The van der Waals surface area contributed by atoms with Gasteiger partial charge in [-0.15, -0.1) is 0 Å². The molecule has 1 atom stereocenters. The number of hydrogen-bond acceptors (Lipinski definition) is 5. The maximum Gasteiger partial charge on any atom is 0.319 e. The zero-order valence-corrected chi connectivity index (χ0v) is 27.0. The van der Waals surface area contributed by atoms with Crippen LogP contribution in [0.5, 0.6) is 0 Å². The minimum Gasteiger partial charge on any atom is -0.341 e. The van der Waals surface area contributed by atoms with E-state index in [1.807, 2.05) is 45.1 Å². The fraction of sp³-hybridized carbons (Fsp3) is 0.706. The molecule has 2 aromatic rings. The van der Waals surface area contributed by atoms with Crippen molar-refractivity contribution in [2.75, 3.05) is 39.3 Å². The molecule has 4 aliphatic rings. The molecule has 0 unspecified atom stereocenters. The number of benzene rings is 1. The van der Waals surface area contributed by atoms with Crippen LogP contribution < -0.4 is 5.32 Å². The van der Waals surface area contributed by atoms with E-state index >= 15 is 0 Å². The zero-order chi connectivity index (χ0) is 30.4. The lowest BCUT2D eigenvalue weighted by Gasteiger charge is -2.48. The summed E-state index contributed by atoms with van der Waals surface area (Å²) in [5.74, 6) is 0.878. The molecule has 3 saturated heterocycles. The SMILES string of the molecule is O=C([C@@H](Cc1ccc(Cl)cc1)NC1CCN(C(=O)N2CCCCC2)CC1)N1CCC(Cn2cncn2)(C2CCCCC2)CC1. The van der Waals surface area contributed by atoms with Crippen LogP contribution in [0.1, 0.15) is 82.6 Å². The minimum absolute atomic E-state index is 0.164. The molecule has 240 valence electrons. The Morgan fingerprint density at radius 1 is 0.841 bits per heavy atom. The molecule has 9 nitrogen and oxygen atoms in total. The van der Waals surface area contributed by atoms with E-state index in [1.165, 1.54) is 38.5 Å². The molecule has 0 spiro atoms. The first-order valence-corrected chi connectivity index (χ1v) is 17.5. The van der Waals surface area contributed by atoms with Gasteiger partial charge in [0, 0.05) is 56.9 Å². The van der Waals surface area contributed by atoms with Crippen molar-refractivity contribution in [1.82, 2.24) is 34.8 Å². The Morgan fingerprint density at radius 2 is 1.50 bits per heavy atom. The molecule has 1 aliphatic carbocycles. The summed E-state index contributed by atoms with van der Waals surface area (Å²) in [6.45, 7) is 5.70. The first kappa shape index (κ1) is 31.3. The number of halogens is 1. The van der Waals surface area contributed by atoms with Crippen LogP contribution >= 0.6 is 11.6 Å². The Morgan fingerprint density at radius 3 is 2.16 bits per heavy atom. The molecule has 3 aliphatic heterocycles. The maximum atomic E-state index is 14.3. The monoisotopic (exact) mass is 623 g/mol. The minimum atomic E-state index is -0.303. The van der Waals surface area contributed by atoms with Gasteiger partial charge in [0.1, 0.15) is 12.7 Å². The molecular formula is C34H50ClN7O2. The molecular weight excluding hydrogens is 574 g/mol. The number of hydrogen-bond donors (Lipinski definition) is 1. The summed E-state index contributed by atoms with van der Waals surface area (Å²) in [4.78, 5) is 37.7. The summed E-state index contributed by atoms with van der Waals surface area (Å²) in [5.41, 5.74) is 1.27. The molecule has 10 heteroatoms. The molecule has 3 amide bonds. The quantitative estimate of drug-likeness (QED) is 0.426. The van der Waals surface area contributed by atoms with E-state index in [4.69, 9.17) is 11.6 Å². The molecule has 1 aromatic carbocycles. The lowest BCUT2D eigenvalue weighted by atomic mass is 9.63. The van der Waals surface area contributed by atoms with Crippen molar-refractivity contribution in [3.63, 3.8) is 0 Å². The van der Waals surface area contributed by atoms with Gasteiger partial charge in [-0.25, -0.2) is 9.78 Å². The topological polar surface area (TPSA) is 86.6 Å². The maximum absolute atomic E-state index is 14.3. The highest BCUT2D eigenvalue weighted by Gasteiger charge is 2.44. The summed E-state index contributed by atoms with van der Waals surface area (Å²) < 4.78 is 2.01. The van der Waals surface area contributed by atoms with Gasteiger partial charge < -0.3 is 20.0 Å². The number of nitrogens with zero attached hydrogens (tertiary/aromatic N) is 6. The number of carbonyl (C=O) groups is 2. The number of aromatic nitrogens is 3. The molecule has 4 heterocycles. The van der Waals surface area contributed by atoms with Crippen LogP contribution in [0.4, 0.5) is 4.79 Å². The van der Waals surface area contributed by atoms with Crippen molar-refractivity contribution in [3.05, 3.63) is 47.5 Å². The van der Waals surface area contributed by atoms with Crippen LogP contribution in [0.25, 0.3) is 0 Å². The van der Waals surface area contributed by atoms with Gasteiger partial charge in [0.25, 0.3) is 0 Å². The lowest BCUT2D eigenvalue weighted by molar-refractivity contribution is -0.137. The first-order valence-electron chi connectivity index (χ1n) is 17.1. The van der Waals surface area contributed by atoms with Gasteiger partial charge in [-0.3, -0.25) is 9.48 Å². The van der Waals surface area contributed by atoms with Gasteiger partial charge in [-0.05, 0) is 93.2 Å². The molecule has 0 radical (unpaired) electrons. The van der Waals surface area contributed by atoms with Gasteiger partial charge in [0.05, 0.1) is 6.04 Å². The Bertz CT molecular complexity index is 1190. The van der Waals surface area contributed by atoms with Gasteiger partial charge in [0.2, 0.25) is 5.91 Å². The van der Waals surface area contributed by atoms with Gasteiger partial charge in [0.15, 0.2) is 0 Å². The summed E-state index contributed by atoms with van der Waals surface area (Å²) in [5, 5.41) is 8.96. The predicted octanol–water partition coefficient (Wildman–Crippen LogP) is 5.39. The van der Waals surface area contributed by atoms with Crippen LogP contribution in [-0.4, -0.2) is 92.8 Å². The standard InChI is InChI=1S/C34H50ClN7O2/c35-29-11-9-27(10-12-29)23-31(38-30-13-19-41(20-14-30)33(44)40-17-5-2-6-18-40)32(43)39-21-15-34(16-22-39,24-42-26-36-25-37-42)28-7-3-1-4-8-28/h9-12,25-26,28,30-31,38H,1-8,13-24H2/t31-/m1/s1. The molecule has 1 aromatic heterocycles. The number of amides is 3. The second kappa shape index (κ2) is 14.6. The third kappa shape index (κ3) is 7.58. The summed E-state index contributed by atoms with van der Waals surface area (Å²) >= 11 is 6.19. The van der Waals surface area contributed by atoms with E-state index in [0.29, 0.717) is 17.4 Å². The van der Waals surface area contributed by atoms with E-state index in [0.717, 1.165) is 89.9 Å². The Kier molecular flexibility index (Phi) is 10.4. The molecule has 0 bridgehead atoms. The van der Waals surface area contributed by atoms with Crippen LogP contribution in [0.3, 0.4) is 0 Å². The van der Waals surface area contributed by atoms with Crippen LogP contribution in [0, 0.1) is 11.3 Å².